The van der Waals surface area contributed by atoms with Gasteiger partial charge >= 0.3 is 0 Å². The summed E-state index contributed by atoms with van der Waals surface area (Å²) in [4.78, 5) is 15.9. The Kier molecular flexibility index (Phi) is 4.29. The van der Waals surface area contributed by atoms with Gasteiger partial charge in [-0.2, -0.15) is 0 Å². The van der Waals surface area contributed by atoms with Crippen LogP contribution in [-0.4, -0.2) is 59.6 Å². The van der Waals surface area contributed by atoms with Crippen LogP contribution in [0, 0.1) is 0 Å². The van der Waals surface area contributed by atoms with E-state index in [1.165, 1.54) is 0 Å². The van der Waals surface area contributed by atoms with Crippen LogP contribution >= 0.6 is 0 Å². The zero-order valence-electron chi connectivity index (χ0n) is 9.52. The van der Waals surface area contributed by atoms with E-state index in [9.17, 15) is 4.79 Å². The molecule has 1 heterocycles. The third-order valence-corrected chi connectivity index (χ3v) is 2.91. The van der Waals surface area contributed by atoms with E-state index < -0.39 is 0 Å². The summed E-state index contributed by atoms with van der Waals surface area (Å²) in [6, 6.07) is 0.0431. The fraction of sp³-hybridized carbons (Fsp3) is 0.727. The predicted molar refractivity (Wildman–Crippen MR) is 59.5 cm³/mol. The summed E-state index contributed by atoms with van der Waals surface area (Å²) in [5.41, 5.74) is 0. The Labute approximate surface area is 91.2 Å². The molecular formula is C11H20N2O2. The van der Waals surface area contributed by atoms with Crippen molar-refractivity contribution in [3.63, 3.8) is 0 Å². The molecule has 2 atom stereocenters. The molecule has 0 aliphatic carbocycles. The number of nitrogens with zero attached hydrogens (tertiary/aromatic N) is 2. The molecule has 0 aromatic rings. The number of aliphatic hydroxyl groups excluding tert-OH is 1. The number of carbonyl (C=O) groups is 1. The third-order valence-electron chi connectivity index (χ3n) is 2.91. The van der Waals surface area contributed by atoms with Crippen LogP contribution in [0.1, 0.15) is 13.3 Å². The van der Waals surface area contributed by atoms with E-state index in [4.69, 9.17) is 5.11 Å². The lowest BCUT2D eigenvalue weighted by Crippen LogP contribution is -2.59. The summed E-state index contributed by atoms with van der Waals surface area (Å²) in [5.74, 6) is 0.102. The maximum Gasteiger partial charge on any atom is 0.240 e. The first-order valence-corrected chi connectivity index (χ1v) is 5.34. The molecule has 1 saturated heterocycles. The minimum atomic E-state index is -0.175. The molecule has 86 valence electrons. The van der Waals surface area contributed by atoms with Crippen LogP contribution in [0.15, 0.2) is 12.7 Å². The normalized spacial score (nSPS) is 28.2. The number of likely N-dealkylation sites (N-methyl/N-ethyl adjacent to an activating group) is 1. The lowest BCUT2D eigenvalue weighted by atomic mass is 10.0. The van der Waals surface area contributed by atoms with Gasteiger partial charge in [0, 0.05) is 25.7 Å². The minimum absolute atomic E-state index is 0.0526. The molecular weight excluding hydrogens is 192 g/mol. The summed E-state index contributed by atoms with van der Waals surface area (Å²) in [6.45, 7) is 7.19. The lowest BCUT2D eigenvalue weighted by molar-refractivity contribution is -0.144. The van der Waals surface area contributed by atoms with Gasteiger partial charge in [0.05, 0.1) is 6.04 Å². The van der Waals surface area contributed by atoms with Gasteiger partial charge in [-0.1, -0.05) is 6.08 Å². The van der Waals surface area contributed by atoms with E-state index in [2.05, 4.69) is 6.58 Å². The molecule has 1 rings (SSSR count). The number of hydrogen-bond acceptors (Lipinski definition) is 3. The molecule has 1 amide bonds. The van der Waals surface area contributed by atoms with Crippen LogP contribution in [0.5, 0.6) is 0 Å². The zero-order valence-corrected chi connectivity index (χ0v) is 9.52. The highest BCUT2D eigenvalue weighted by Crippen LogP contribution is 2.17. The molecule has 0 saturated carbocycles. The predicted octanol–water partition coefficient (Wildman–Crippen LogP) is 0.0859. The van der Waals surface area contributed by atoms with E-state index in [-0.39, 0.29) is 24.6 Å². The van der Waals surface area contributed by atoms with Crippen molar-refractivity contribution in [3.8, 4) is 0 Å². The Morgan fingerprint density at radius 2 is 2.33 bits per heavy atom. The Morgan fingerprint density at radius 3 is 2.87 bits per heavy atom. The van der Waals surface area contributed by atoms with Gasteiger partial charge in [0.1, 0.15) is 0 Å². The first-order valence-electron chi connectivity index (χ1n) is 5.34. The van der Waals surface area contributed by atoms with E-state index in [1.807, 2.05) is 23.8 Å². The molecule has 1 fully saturated rings. The van der Waals surface area contributed by atoms with Gasteiger partial charge in [-0.05, 0) is 20.4 Å². The number of piperazine rings is 1. The van der Waals surface area contributed by atoms with Gasteiger partial charge < -0.3 is 10.0 Å². The fourth-order valence-corrected chi connectivity index (χ4v) is 2.11. The molecule has 15 heavy (non-hydrogen) atoms. The summed E-state index contributed by atoms with van der Waals surface area (Å²) in [7, 11) is 1.93. The van der Waals surface area contributed by atoms with E-state index in [0.717, 1.165) is 6.54 Å². The molecule has 4 heteroatoms. The Bertz CT molecular complexity index is 243. The number of amides is 1. The molecule has 0 spiro atoms. The second-order valence-corrected chi connectivity index (χ2v) is 4.10. The van der Waals surface area contributed by atoms with Crippen molar-refractivity contribution in [2.24, 2.45) is 0 Å². The van der Waals surface area contributed by atoms with Crippen LogP contribution in [-0.2, 0) is 4.79 Å². The van der Waals surface area contributed by atoms with Crippen molar-refractivity contribution >= 4 is 5.91 Å². The number of rotatable bonds is 4. The number of carbonyl (C=O) groups excluding carboxylic acids is 1. The van der Waals surface area contributed by atoms with Crippen LogP contribution in [0.4, 0.5) is 0 Å². The van der Waals surface area contributed by atoms with Crippen molar-refractivity contribution in [2.75, 3.05) is 26.7 Å². The largest absolute Gasteiger partial charge is 0.396 e. The van der Waals surface area contributed by atoms with Crippen molar-refractivity contribution in [2.45, 2.75) is 25.4 Å². The highest BCUT2D eigenvalue weighted by Gasteiger charge is 2.35. The maximum absolute atomic E-state index is 12.1. The SMILES string of the molecule is C=CCN1C(=O)C(CCO)N(C)CC1C. The minimum Gasteiger partial charge on any atom is -0.396 e. The molecule has 0 radical (unpaired) electrons. The second-order valence-electron chi connectivity index (χ2n) is 4.10. The molecule has 1 aliphatic rings. The van der Waals surface area contributed by atoms with Crippen LogP contribution < -0.4 is 0 Å². The summed E-state index contributed by atoms with van der Waals surface area (Å²) < 4.78 is 0. The number of aliphatic hydroxyl groups is 1. The molecule has 0 aromatic carbocycles. The van der Waals surface area contributed by atoms with Crippen LogP contribution in [0.2, 0.25) is 0 Å². The van der Waals surface area contributed by atoms with Gasteiger partial charge in [-0.25, -0.2) is 0 Å². The maximum atomic E-state index is 12.1. The monoisotopic (exact) mass is 212 g/mol. The van der Waals surface area contributed by atoms with Crippen molar-refractivity contribution in [1.82, 2.24) is 9.80 Å². The van der Waals surface area contributed by atoms with E-state index in [0.29, 0.717) is 13.0 Å². The molecule has 2 unspecified atom stereocenters. The topological polar surface area (TPSA) is 43.8 Å². The first kappa shape index (κ1) is 12.2. The first-order chi connectivity index (χ1) is 7.11. The summed E-state index contributed by atoms with van der Waals surface area (Å²) >= 11 is 0. The van der Waals surface area contributed by atoms with Gasteiger partial charge in [0.25, 0.3) is 0 Å². The third kappa shape index (κ3) is 2.58. The molecule has 4 nitrogen and oxygen atoms in total. The molecule has 0 aromatic heterocycles. The number of hydrogen-bond donors (Lipinski definition) is 1. The fourth-order valence-electron chi connectivity index (χ4n) is 2.11. The second kappa shape index (κ2) is 5.28. The smallest absolute Gasteiger partial charge is 0.240 e. The zero-order chi connectivity index (χ0) is 11.4. The molecule has 1 aliphatic heterocycles. The highest BCUT2D eigenvalue weighted by atomic mass is 16.3. The van der Waals surface area contributed by atoms with Crippen molar-refractivity contribution in [3.05, 3.63) is 12.7 Å². The van der Waals surface area contributed by atoms with E-state index >= 15 is 0 Å². The Morgan fingerprint density at radius 1 is 1.67 bits per heavy atom. The molecule has 0 bridgehead atoms. The highest BCUT2D eigenvalue weighted by molar-refractivity contribution is 5.83. The lowest BCUT2D eigenvalue weighted by Gasteiger charge is -2.42. The van der Waals surface area contributed by atoms with Gasteiger partial charge in [0.15, 0.2) is 0 Å². The average Bonchev–Trinajstić information content (AvgIpc) is 2.19. The van der Waals surface area contributed by atoms with Gasteiger partial charge in [-0.3, -0.25) is 9.69 Å². The molecule has 1 N–H and O–H groups in total. The van der Waals surface area contributed by atoms with Gasteiger partial charge in [0.2, 0.25) is 5.91 Å². The van der Waals surface area contributed by atoms with Crippen LogP contribution in [0.3, 0.4) is 0 Å². The van der Waals surface area contributed by atoms with E-state index in [1.54, 1.807) is 6.08 Å². The van der Waals surface area contributed by atoms with Crippen molar-refractivity contribution < 1.29 is 9.90 Å². The van der Waals surface area contributed by atoms with Gasteiger partial charge in [-0.15, -0.1) is 6.58 Å². The summed E-state index contributed by atoms with van der Waals surface area (Å²) in [5, 5.41) is 8.92. The quantitative estimate of drug-likeness (QED) is 0.671. The van der Waals surface area contributed by atoms with Crippen LogP contribution in [0.25, 0.3) is 0 Å². The summed E-state index contributed by atoms with van der Waals surface area (Å²) in [6.07, 6.45) is 2.26. The Hall–Kier alpha value is -0.870. The average molecular weight is 212 g/mol. The van der Waals surface area contributed by atoms with Crippen molar-refractivity contribution in [1.29, 1.82) is 0 Å². The Balaban J connectivity index is 2.74. The standard InChI is InChI=1S/C11H20N2O2/c1-4-6-13-9(2)8-12(3)10(5-7-14)11(13)15/h4,9-10,14H,1,5-8H2,2-3H3.